The molecule has 0 aromatic rings. The van der Waals surface area contributed by atoms with Gasteiger partial charge in [0.05, 0.1) is 25.0 Å². The first-order valence-corrected chi connectivity index (χ1v) is 8.65. The van der Waals surface area contributed by atoms with Crippen LogP contribution in [0.5, 0.6) is 0 Å². The fourth-order valence-electron chi connectivity index (χ4n) is 4.65. The third kappa shape index (κ3) is 2.42. The molecule has 1 aliphatic carbocycles. The van der Waals surface area contributed by atoms with E-state index in [0.717, 1.165) is 32.4 Å². The second kappa shape index (κ2) is 5.26. The predicted molar refractivity (Wildman–Crippen MR) is 80.9 cm³/mol. The molecular formula is C17H25NO5. The second-order valence-electron chi connectivity index (χ2n) is 7.54. The van der Waals surface area contributed by atoms with Crippen molar-refractivity contribution >= 4 is 11.7 Å². The maximum atomic E-state index is 12.4. The minimum Gasteiger partial charge on any atom is -0.373 e. The molecule has 1 unspecified atom stereocenters. The quantitative estimate of drug-likeness (QED) is 0.720. The molecule has 0 radical (unpaired) electrons. The van der Waals surface area contributed by atoms with Gasteiger partial charge in [-0.3, -0.25) is 9.59 Å². The summed E-state index contributed by atoms with van der Waals surface area (Å²) in [5, 5.41) is 0. The van der Waals surface area contributed by atoms with Crippen LogP contribution < -0.4 is 0 Å². The SMILES string of the molecule is CO[C@@H]1C(=O)CC[C@]2(CO2)[C@H]1C1(C)O[C@@H]1CC(=O)N1CCCC1. The Morgan fingerprint density at radius 3 is 2.70 bits per heavy atom. The van der Waals surface area contributed by atoms with Crippen molar-refractivity contribution in [2.45, 2.75) is 62.4 Å². The second-order valence-corrected chi connectivity index (χ2v) is 7.54. The first-order chi connectivity index (χ1) is 11.0. The van der Waals surface area contributed by atoms with E-state index in [1.807, 2.05) is 11.8 Å². The van der Waals surface area contributed by atoms with Crippen LogP contribution in [0.15, 0.2) is 0 Å². The van der Waals surface area contributed by atoms with Gasteiger partial charge in [0.25, 0.3) is 0 Å². The summed E-state index contributed by atoms with van der Waals surface area (Å²) in [4.78, 5) is 26.5. The summed E-state index contributed by atoms with van der Waals surface area (Å²) in [6.07, 6.45) is 3.20. The molecule has 0 aromatic heterocycles. The molecule has 4 fully saturated rings. The monoisotopic (exact) mass is 323 g/mol. The van der Waals surface area contributed by atoms with Gasteiger partial charge in [-0.2, -0.15) is 0 Å². The number of hydrogen-bond acceptors (Lipinski definition) is 5. The highest BCUT2D eigenvalue weighted by atomic mass is 16.6. The number of amides is 1. The number of carbonyl (C=O) groups is 2. The van der Waals surface area contributed by atoms with Crippen LogP contribution in [-0.4, -0.2) is 66.8 Å². The molecule has 6 nitrogen and oxygen atoms in total. The highest BCUT2D eigenvalue weighted by Crippen LogP contribution is 2.58. The first kappa shape index (κ1) is 15.5. The van der Waals surface area contributed by atoms with Gasteiger partial charge in [0.1, 0.15) is 17.3 Å². The molecule has 5 atom stereocenters. The molecule has 1 spiro atoms. The molecule has 4 rings (SSSR count). The van der Waals surface area contributed by atoms with Gasteiger partial charge in [-0.05, 0) is 26.2 Å². The van der Waals surface area contributed by atoms with Gasteiger partial charge in [-0.1, -0.05) is 0 Å². The molecule has 3 aliphatic heterocycles. The molecule has 128 valence electrons. The van der Waals surface area contributed by atoms with Gasteiger partial charge in [0.2, 0.25) is 5.91 Å². The number of hydrogen-bond donors (Lipinski definition) is 0. The number of methoxy groups -OCH3 is 1. The lowest BCUT2D eigenvalue weighted by Crippen LogP contribution is -2.53. The molecule has 4 aliphatic rings. The average Bonchev–Trinajstić information content (AvgIpc) is 3.34. The largest absolute Gasteiger partial charge is 0.373 e. The third-order valence-corrected chi connectivity index (χ3v) is 6.17. The van der Waals surface area contributed by atoms with E-state index < -0.39 is 11.7 Å². The van der Waals surface area contributed by atoms with Crippen molar-refractivity contribution < 1.29 is 23.8 Å². The fraction of sp³-hybridized carbons (Fsp3) is 0.882. The normalized spacial score (nSPS) is 45.6. The van der Waals surface area contributed by atoms with Crippen LogP contribution in [0, 0.1) is 5.92 Å². The minimum atomic E-state index is -0.497. The Kier molecular flexibility index (Phi) is 3.55. The summed E-state index contributed by atoms with van der Waals surface area (Å²) >= 11 is 0. The molecule has 0 aromatic carbocycles. The first-order valence-electron chi connectivity index (χ1n) is 8.65. The minimum absolute atomic E-state index is 0.113. The van der Waals surface area contributed by atoms with Gasteiger partial charge >= 0.3 is 0 Å². The zero-order chi connectivity index (χ0) is 16.2. The van der Waals surface area contributed by atoms with Gasteiger partial charge in [-0.25, -0.2) is 0 Å². The van der Waals surface area contributed by atoms with Crippen LogP contribution in [0.3, 0.4) is 0 Å². The average molecular weight is 323 g/mol. The number of rotatable bonds is 4. The molecule has 0 bridgehead atoms. The van der Waals surface area contributed by atoms with Crippen LogP contribution in [0.25, 0.3) is 0 Å². The highest BCUT2D eigenvalue weighted by Gasteiger charge is 2.72. The molecule has 23 heavy (non-hydrogen) atoms. The van der Waals surface area contributed by atoms with Crippen molar-refractivity contribution in [3.05, 3.63) is 0 Å². The summed E-state index contributed by atoms with van der Waals surface area (Å²) in [5.41, 5.74) is -0.780. The Morgan fingerprint density at radius 1 is 1.39 bits per heavy atom. The lowest BCUT2D eigenvalue weighted by molar-refractivity contribution is -0.142. The molecule has 1 saturated carbocycles. The Balaban J connectivity index is 1.48. The third-order valence-electron chi connectivity index (χ3n) is 6.17. The molecule has 3 heterocycles. The zero-order valence-electron chi connectivity index (χ0n) is 13.9. The van der Waals surface area contributed by atoms with Crippen molar-refractivity contribution in [3.63, 3.8) is 0 Å². The molecular weight excluding hydrogens is 298 g/mol. The maximum absolute atomic E-state index is 12.4. The smallest absolute Gasteiger partial charge is 0.225 e. The lowest BCUT2D eigenvalue weighted by Gasteiger charge is -2.37. The van der Waals surface area contributed by atoms with Gasteiger partial charge in [-0.15, -0.1) is 0 Å². The number of ether oxygens (including phenoxy) is 3. The van der Waals surface area contributed by atoms with Crippen molar-refractivity contribution in [2.75, 3.05) is 26.8 Å². The Bertz CT molecular complexity index is 525. The van der Waals surface area contributed by atoms with Gasteiger partial charge < -0.3 is 19.1 Å². The number of epoxide rings is 2. The van der Waals surface area contributed by atoms with E-state index in [-0.39, 0.29) is 29.3 Å². The van der Waals surface area contributed by atoms with Crippen molar-refractivity contribution in [1.29, 1.82) is 0 Å². The Labute approximate surface area is 136 Å². The van der Waals surface area contributed by atoms with Crippen LogP contribution in [0.1, 0.15) is 39.0 Å². The number of Topliss-reactive ketones (excluding diaryl/α,β-unsaturated/α-hetero) is 1. The summed E-state index contributed by atoms with van der Waals surface area (Å²) in [7, 11) is 1.58. The number of carbonyl (C=O) groups excluding carboxylic acids is 2. The fourth-order valence-corrected chi connectivity index (χ4v) is 4.65. The van der Waals surface area contributed by atoms with Gasteiger partial charge in [0.15, 0.2) is 5.78 Å². The van der Waals surface area contributed by atoms with Crippen LogP contribution in [0.4, 0.5) is 0 Å². The van der Waals surface area contributed by atoms with Gasteiger partial charge in [0, 0.05) is 26.6 Å². The van der Waals surface area contributed by atoms with E-state index in [2.05, 4.69) is 0 Å². The molecule has 6 heteroatoms. The highest BCUT2D eigenvalue weighted by molar-refractivity contribution is 5.85. The molecule has 1 amide bonds. The zero-order valence-corrected chi connectivity index (χ0v) is 13.9. The number of nitrogens with zero attached hydrogens (tertiary/aromatic N) is 1. The number of likely N-dealkylation sites (tertiary alicyclic amines) is 1. The summed E-state index contributed by atoms with van der Waals surface area (Å²) in [6.45, 7) is 4.39. The van der Waals surface area contributed by atoms with E-state index in [4.69, 9.17) is 14.2 Å². The Hall–Kier alpha value is -0.980. The Morgan fingerprint density at radius 2 is 2.09 bits per heavy atom. The number of ketones is 1. The predicted octanol–water partition coefficient (Wildman–Crippen LogP) is 0.919. The molecule has 0 N–H and O–H groups in total. The van der Waals surface area contributed by atoms with Crippen LogP contribution in [0.2, 0.25) is 0 Å². The maximum Gasteiger partial charge on any atom is 0.225 e. The van der Waals surface area contributed by atoms with E-state index in [1.165, 1.54) is 0 Å². The van der Waals surface area contributed by atoms with E-state index in [1.54, 1.807) is 7.11 Å². The van der Waals surface area contributed by atoms with E-state index in [0.29, 0.717) is 19.4 Å². The lowest BCUT2D eigenvalue weighted by atomic mass is 9.69. The van der Waals surface area contributed by atoms with E-state index >= 15 is 0 Å². The van der Waals surface area contributed by atoms with Crippen molar-refractivity contribution in [1.82, 2.24) is 4.90 Å². The summed E-state index contributed by atoms with van der Waals surface area (Å²) in [6, 6.07) is 0. The topological polar surface area (TPSA) is 71.7 Å². The standard InChI is InChI=1S/C17H25NO5/c1-16(12(23-16)9-13(20)18-7-3-4-8-18)15-14(21-2)11(19)5-6-17(15)10-22-17/h12,14-15H,3-10H2,1-2H3/t12-,14-,15-,16?,17+/m1/s1. The van der Waals surface area contributed by atoms with Crippen LogP contribution in [-0.2, 0) is 23.8 Å². The van der Waals surface area contributed by atoms with E-state index in [9.17, 15) is 9.59 Å². The molecule has 3 saturated heterocycles. The van der Waals surface area contributed by atoms with Crippen LogP contribution >= 0.6 is 0 Å². The van der Waals surface area contributed by atoms with Crippen molar-refractivity contribution in [3.8, 4) is 0 Å². The van der Waals surface area contributed by atoms with Crippen molar-refractivity contribution in [2.24, 2.45) is 5.92 Å². The summed E-state index contributed by atoms with van der Waals surface area (Å²) < 4.78 is 17.2. The summed E-state index contributed by atoms with van der Waals surface area (Å²) in [5.74, 6) is 0.177.